The zero-order valence-electron chi connectivity index (χ0n) is 14.3. The maximum atomic E-state index is 12.5. The molecule has 0 unspecified atom stereocenters. The van der Waals surface area contributed by atoms with Gasteiger partial charge < -0.3 is 9.80 Å². The number of carbonyl (C=O) groups is 1. The van der Waals surface area contributed by atoms with Crippen LogP contribution >= 0.6 is 22.9 Å². The number of anilines is 1. The molecular formula is C17H20ClN3O3S2. The van der Waals surface area contributed by atoms with E-state index >= 15 is 0 Å². The van der Waals surface area contributed by atoms with Gasteiger partial charge in [0.25, 0.3) is 10.0 Å². The van der Waals surface area contributed by atoms with Crippen LogP contribution in [0.5, 0.6) is 0 Å². The van der Waals surface area contributed by atoms with Crippen LogP contribution < -0.4 is 4.90 Å². The quantitative estimate of drug-likeness (QED) is 0.755. The van der Waals surface area contributed by atoms with Gasteiger partial charge in [0.15, 0.2) is 0 Å². The number of nitrogens with zero attached hydrogens (tertiary/aromatic N) is 3. The number of hydrogen-bond donors (Lipinski definition) is 0. The average Bonchev–Trinajstić information content (AvgIpc) is 3.18. The van der Waals surface area contributed by atoms with Gasteiger partial charge in [-0.3, -0.25) is 4.79 Å². The Labute approximate surface area is 162 Å². The van der Waals surface area contributed by atoms with Gasteiger partial charge >= 0.3 is 0 Å². The van der Waals surface area contributed by atoms with Crippen molar-refractivity contribution in [2.45, 2.75) is 4.21 Å². The molecular weight excluding hydrogens is 394 g/mol. The first-order chi connectivity index (χ1) is 12.4. The number of carbonyl (C=O) groups excluding carboxylic acids is 1. The third kappa shape index (κ3) is 4.03. The third-order valence-corrected chi connectivity index (χ3v) is 7.84. The number of benzene rings is 1. The molecule has 0 saturated carbocycles. The normalized spacial score (nSPS) is 15.5. The van der Waals surface area contributed by atoms with Crippen LogP contribution in [0.1, 0.15) is 0 Å². The molecule has 26 heavy (non-hydrogen) atoms. The summed E-state index contributed by atoms with van der Waals surface area (Å²) in [6.07, 6.45) is 0. The number of hydrogen-bond acceptors (Lipinski definition) is 5. The number of likely N-dealkylation sites (N-methyl/N-ethyl adjacent to an activating group) is 1. The molecule has 2 aromatic rings. The Kier molecular flexibility index (Phi) is 5.86. The van der Waals surface area contributed by atoms with E-state index in [1.54, 1.807) is 22.4 Å². The Hall–Kier alpha value is -1.61. The van der Waals surface area contributed by atoms with Crippen LogP contribution in [-0.2, 0) is 14.8 Å². The SMILES string of the molecule is CN(CC(=O)N1CCN(c2ccccc2Cl)CC1)S(=O)(=O)c1cccs1. The molecule has 0 radical (unpaired) electrons. The van der Waals surface area contributed by atoms with E-state index in [9.17, 15) is 13.2 Å². The van der Waals surface area contributed by atoms with Crippen molar-refractivity contribution in [3.8, 4) is 0 Å². The highest BCUT2D eigenvalue weighted by Crippen LogP contribution is 2.26. The molecule has 1 amide bonds. The van der Waals surface area contributed by atoms with Gasteiger partial charge in [-0.2, -0.15) is 4.31 Å². The maximum absolute atomic E-state index is 12.5. The van der Waals surface area contributed by atoms with E-state index in [4.69, 9.17) is 11.6 Å². The van der Waals surface area contributed by atoms with Gasteiger partial charge in [0, 0.05) is 33.2 Å². The second-order valence-corrected chi connectivity index (χ2v) is 9.64. The highest BCUT2D eigenvalue weighted by molar-refractivity contribution is 7.91. The molecule has 1 aliphatic rings. The first kappa shape index (κ1) is 19.2. The van der Waals surface area contributed by atoms with E-state index in [0.717, 1.165) is 21.3 Å². The lowest BCUT2D eigenvalue weighted by Crippen LogP contribution is -2.51. The highest BCUT2D eigenvalue weighted by Gasteiger charge is 2.28. The van der Waals surface area contributed by atoms with Crippen molar-refractivity contribution < 1.29 is 13.2 Å². The molecule has 0 bridgehead atoms. The number of para-hydroxylation sites is 1. The number of rotatable bonds is 5. The second kappa shape index (κ2) is 7.96. The summed E-state index contributed by atoms with van der Waals surface area (Å²) >= 11 is 7.38. The minimum absolute atomic E-state index is 0.160. The van der Waals surface area contributed by atoms with Crippen molar-refractivity contribution >= 4 is 44.6 Å². The highest BCUT2D eigenvalue weighted by atomic mass is 35.5. The number of halogens is 1. The van der Waals surface area contributed by atoms with Gasteiger partial charge in [-0.1, -0.05) is 29.8 Å². The van der Waals surface area contributed by atoms with Crippen molar-refractivity contribution in [1.29, 1.82) is 0 Å². The molecule has 3 rings (SSSR count). The van der Waals surface area contributed by atoms with Crippen molar-refractivity contribution in [1.82, 2.24) is 9.21 Å². The van der Waals surface area contributed by atoms with E-state index in [0.29, 0.717) is 31.2 Å². The van der Waals surface area contributed by atoms with Crippen LogP contribution in [0, 0.1) is 0 Å². The predicted octanol–water partition coefficient (Wildman–Crippen LogP) is 2.37. The largest absolute Gasteiger partial charge is 0.367 e. The maximum Gasteiger partial charge on any atom is 0.252 e. The fourth-order valence-electron chi connectivity index (χ4n) is 2.84. The summed E-state index contributed by atoms with van der Waals surface area (Å²) in [7, 11) is -2.17. The molecule has 1 aromatic carbocycles. The predicted molar refractivity (Wildman–Crippen MR) is 104 cm³/mol. The lowest BCUT2D eigenvalue weighted by atomic mass is 10.2. The summed E-state index contributed by atoms with van der Waals surface area (Å²) in [6.45, 7) is 2.24. The molecule has 6 nitrogen and oxygen atoms in total. The van der Waals surface area contributed by atoms with Gasteiger partial charge in [0.2, 0.25) is 5.91 Å². The lowest BCUT2D eigenvalue weighted by molar-refractivity contribution is -0.131. The summed E-state index contributed by atoms with van der Waals surface area (Å²) in [5.74, 6) is -0.188. The zero-order chi connectivity index (χ0) is 18.7. The van der Waals surface area contributed by atoms with Crippen molar-refractivity contribution in [3.63, 3.8) is 0 Å². The van der Waals surface area contributed by atoms with Crippen molar-refractivity contribution in [3.05, 3.63) is 46.8 Å². The first-order valence-corrected chi connectivity index (χ1v) is 10.9. The topological polar surface area (TPSA) is 60.9 Å². The summed E-state index contributed by atoms with van der Waals surface area (Å²) in [5.41, 5.74) is 0.957. The number of amides is 1. The van der Waals surface area contributed by atoms with Crippen LogP contribution in [0.4, 0.5) is 5.69 Å². The van der Waals surface area contributed by atoms with Crippen LogP contribution in [0.2, 0.25) is 5.02 Å². The second-order valence-electron chi connectivity index (χ2n) is 6.01. The molecule has 2 heterocycles. The fourth-order valence-corrected chi connectivity index (χ4v) is 5.42. The number of thiophene rings is 1. The first-order valence-electron chi connectivity index (χ1n) is 8.16. The van der Waals surface area contributed by atoms with E-state index in [-0.39, 0.29) is 16.7 Å². The molecule has 1 fully saturated rings. The van der Waals surface area contributed by atoms with Crippen LogP contribution in [0.15, 0.2) is 46.0 Å². The monoisotopic (exact) mass is 413 g/mol. The molecule has 1 aromatic heterocycles. The Bertz CT molecular complexity index is 863. The van der Waals surface area contributed by atoms with E-state index in [1.807, 2.05) is 24.3 Å². The standard InChI is InChI=1S/C17H20ClN3O3S2/c1-19(26(23,24)17-7-4-12-25-17)13-16(22)21-10-8-20(9-11-21)15-6-3-2-5-14(15)18/h2-7,12H,8-11,13H2,1H3. The number of piperazine rings is 1. The fraction of sp³-hybridized carbons (Fsp3) is 0.353. The molecule has 1 saturated heterocycles. The Morgan fingerprint density at radius 3 is 2.46 bits per heavy atom. The number of sulfonamides is 1. The van der Waals surface area contributed by atoms with E-state index in [1.165, 1.54) is 7.05 Å². The molecule has 1 aliphatic heterocycles. The minimum Gasteiger partial charge on any atom is -0.367 e. The van der Waals surface area contributed by atoms with Crippen LogP contribution in [-0.4, -0.2) is 63.3 Å². The molecule has 0 atom stereocenters. The Morgan fingerprint density at radius 2 is 1.85 bits per heavy atom. The van der Waals surface area contributed by atoms with Gasteiger partial charge in [-0.25, -0.2) is 8.42 Å². The van der Waals surface area contributed by atoms with Crippen molar-refractivity contribution in [2.24, 2.45) is 0 Å². The Balaban J connectivity index is 1.58. The van der Waals surface area contributed by atoms with E-state index < -0.39 is 10.0 Å². The average molecular weight is 414 g/mol. The lowest BCUT2D eigenvalue weighted by Gasteiger charge is -2.37. The molecule has 0 N–H and O–H groups in total. The van der Waals surface area contributed by atoms with Gasteiger partial charge in [-0.05, 0) is 23.6 Å². The summed E-state index contributed by atoms with van der Waals surface area (Å²) in [6, 6.07) is 10.9. The smallest absolute Gasteiger partial charge is 0.252 e. The molecule has 0 aliphatic carbocycles. The summed E-state index contributed by atoms with van der Waals surface area (Å²) in [4.78, 5) is 16.4. The van der Waals surface area contributed by atoms with Gasteiger partial charge in [0.05, 0.1) is 17.3 Å². The molecule has 140 valence electrons. The molecule has 0 spiro atoms. The summed E-state index contributed by atoms with van der Waals surface area (Å²) in [5, 5.41) is 2.39. The van der Waals surface area contributed by atoms with Gasteiger partial charge in [0.1, 0.15) is 4.21 Å². The minimum atomic E-state index is -3.61. The third-order valence-electron chi connectivity index (χ3n) is 4.34. The molecule has 9 heteroatoms. The van der Waals surface area contributed by atoms with E-state index in [2.05, 4.69) is 4.90 Å². The Morgan fingerprint density at radius 1 is 1.15 bits per heavy atom. The zero-order valence-corrected chi connectivity index (χ0v) is 16.7. The summed E-state index contributed by atoms with van der Waals surface area (Å²) < 4.78 is 26.2. The van der Waals surface area contributed by atoms with Crippen LogP contribution in [0.3, 0.4) is 0 Å². The van der Waals surface area contributed by atoms with Crippen molar-refractivity contribution in [2.75, 3.05) is 44.7 Å². The van der Waals surface area contributed by atoms with Crippen LogP contribution in [0.25, 0.3) is 0 Å². The van der Waals surface area contributed by atoms with Gasteiger partial charge in [-0.15, -0.1) is 11.3 Å².